The molecule has 0 aliphatic heterocycles. The van der Waals surface area contributed by atoms with Gasteiger partial charge < -0.3 is 10.4 Å². The Kier molecular flexibility index (Phi) is 5.22. The molecular weight excluding hydrogens is 283 g/mol. The first kappa shape index (κ1) is 15.4. The fourth-order valence-electron chi connectivity index (χ4n) is 1.43. The molecule has 19 heavy (non-hydrogen) atoms. The summed E-state index contributed by atoms with van der Waals surface area (Å²) in [6.07, 6.45) is 0.0104. The summed E-state index contributed by atoms with van der Waals surface area (Å²) >= 11 is -0.258. The van der Waals surface area contributed by atoms with Gasteiger partial charge in [-0.25, -0.2) is 0 Å². The predicted molar refractivity (Wildman–Crippen MR) is 62.5 cm³/mol. The van der Waals surface area contributed by atoms with E-state index in [2.05, 4.69) is 5.32 Å². The van der Waals surface area contributed by atoms with Crippen molar-refractivity contribution in [3.05, 3.63) is 29.8 Å². The molecule has 0 bridgehead atoms. The Morgan fingerprint density at radius 3 is 2.37 bits per heavy atom. The van der Waals surface area contributed by atoms with E-state index in [0.717, 1.165) is 0 Å². The number of carboxylic acid groups (broad SMARTS) is 1. The molecule has 1 rings (SSSR count). The smallest absolute Gasteiger partial charge is 0.446 e. The van der Waals surface area contributed by atoms with Crippen molar-refractivity contribution >= 4 is 24.1 Å². The highest BCUT2D eigenvalue weighted by molar-refractivity contribution is 8.00. The van der Waals surface area contributed by atoms with Gasteiger partial charge in [-0.3, -0.25) is 9.59 Å². The van der Waals surface area contributed by atoms with Crippen LogP contribution in [0.15, 0.2) is 29.2 Å². The predicted octanol–water partition coefficient (Wildman–Crippen LogP) is 2.56. The van der Waals surface area contributed by atoms with Crippen molar-refractivity contribution in [3.8, 4) is 0 Å². The normalized spacial score (nSPS) is 12.8. The molecule has 1 amide bonds. The largest absolute Gasteiger partial charge is 0.481 e. The van der Waals surface area contributed by atoms with Crippen molar-refractivity contribution < 1.29 is 27.9 Å². The maximum Gasteiger partial charge on any atom is 0.446 e. The lowest BCUT2D eigenvalue weighted by Crippen LogP contribution is -2.22. The van der Waals surface area contributed by atoms with Gasteiger partial charge in [0.15, 0.2) is 0 Å². The Morgan fingerprint density at radius 2 is 1.95 bits per heavy atom. The van der Waals surface area contributed by atoms with Gasteiger partial charge in [-0.15, -0.1) is 0 Å². The third kappa shape index (κ3) is 5.64. The van der Waals surface area contributed by atoms with Crippen LogP contribution in [0.1, 0.15) is 18.0 Å². The van der Waals surface area contributed by atoms with E-state index in [1.165, 1.54) is 24.3 Å². The molecule has 1 aromatic rings. The van der Waals surface area contributed by atoms with Crippen LogP contribution in [-0.4, -0.2) is 23.0 Å². The van der Waals surface area contributed by atoms with Crippen LogP contribution in [-0.2, 0) is 9.59 Å². The summed E-state index contributed by atoms with van der Waals surface area (Å²) in [7, 11) is 0. The summed E-state index contributed by atoms with van der Waals surface area (Å²) < 4.78 is 36.4. The zero-order chi connectivity index (χ0) is 14.5. The Morgan fingerprint density at radius 1 is 1.37 bits per heavy atom. The van der Waals surface area contributed by atoms with Gasteiger partial charge >= 0.3 is 11.5 Å². The highest BCUT2D eigenvalue weighted by atomic mass is 32.2. The van der Waals surface area contributed by atoms with E-state index in [1.54, 1.807) is 0 Å². The highest BCUT2D eigenvalue weighted by Crippen LogP contribution is 2.37. The number of nitrogens with one attached hydrogen (secondary N) is 1. The minimum absolute atomic E-state index is 0.00331. The minimum Gasteiger partial charge on any atom is -0.481 e. The summed E-state index contributed by atoms with van der Waals surface area (Å²) in [5.74, 6) is -1.12. The van der Waals surface area contributed by atoms with Crippen LogP contribution in [0, 0.1) is 0 Å². The molecule has 0 unspecified atom stereocenters. The first-order valence-electron chi connectivity index (χ1n) is 5.09. The molecule has 104 valence electrons. The lowest BCUT2D eigenvalue weighted by molar-refractivity contribution is -0.137. The molecule has 1 atom stereocenters. The third-order valence-electron chi connectivity index (χ3n) is 2.16. The van der Waals surface area contributed by atoms with Crippen LogP contribution in [0.4, 0.5) is 13.2 Å². The first-order valence-corrected chi connectivity index (χ1v) is 5.90. The standard InChI is InChI=1S/C11H10F3NO3S/c12-11(13,14)19-8-3-1-7(2-4-8)9(15-6-16)5-10(17)18/h1-4,6,9H,5H2,(H,15,16)(H,17,18)/t9-/m1/s1. The van der Waals surface area contributed by atoms with E-state index in [0.29, 0.717) is 12.0 Å². The number of carbonyl (C=O) groups excluding carboxylic acids is 1. The SMILES string of the molecule is O=CN[C@H](CC(=O)O)c1ccc(SC(F)(F)F)cc1. The number of carboxylic acids is 1. The Hall–Kier alpha value is -1.70. The van der Waals surface area contributed by atoms with E-state index in [1.807, 2.05) is 0 Å². The molecule has 0 heterocycles. The van der Waals surface area contributed by atoms with Crippen LogP contribution < -0.4 is 5.32 Å². The topological polar surface area (TPSA) is 66.4 Å². The molecule has 1 aromatic carbocycles. The second kappa shape index (κ2) is 6.46. The van der Waals surface area contributed by atoms with E-state index in [9.17, 15) is 22.8 Å². The minimum atomic E-state index is -4.37. The van der Waals surface area contributed by atoms with Crippen molar-refractivity contribution in [1.29, 1.82) is 0 Å². The molecule has 0 aliphatic carbocycles. The van der Waals surface area contributed by atoms with Crippen LogP contribution >= 0.6 is 11.8 Å². The van der Waals surface area contributed by atoms with Crippen molar-refractivity contribution in [2.45, 2.75) is 22.9 Å². The fourth-order valence-corrected chi connectivity index (χ4v) is 1.97. The Labute approximate surface area is 111 Å². The molecule has 4 nitrogen and oxygen atoms in total. The summed E-state index contributed by atoms with van der Waals surface area (Å²) in [5.41, 5.74) is -3.94. The number of amides is 1. The monoisotopic (exact) mass is 293 g/mol. The van der Waals surface area contributed by atoms with Gasteiger partial charge in [0.25, 0.3) is 0 Å². The zero-order valence-electron chi connectivity index (χ0n) is 9.48. The maximum absolute atomic E-state index is 12.1. The lowest BCUT2D eigenvalue weighted by Gasteiger charge is -2.14. The van der Waals surface area contributed by atoms with Crippen molar-refractivity contribution in [3.63, 3.8) is 0 Å². The molecule has 0 saturated heterocycles. The average molecular weight is 293 g/mol. The average Bonchev–Trinajstić information content (AvgIpc) is 2.27. The Bertz CT molecular complexity index is 447. The maximum atomic E-state index is 12.1. The molecule has 0 aliphatic rings. The van der Waals surface area contributed by atoms with Crippen LogP contribution in [0.3, 0.4) is 0 Å². The van der Waals surface area contributed by atoms with Gasteiger partial charge in [0.1, 0.15) is 0 Å². The molecule has 0 aromatic heterocycles. The van der Waals surface area contributed by atoms with E-state index >= 15 is 0 Å². The van der Waals surface area contributed by atoms with Crippen LogP contribution in [0.5, 0.6) is 0 Å². The number of halogens is 3. The van der Waals surface area contributed by atoms with Crippen molar-refractivity contribution in [2.24, 2.45) is 0 Å². The van der Waals surface area contributed by atoms with Gasteiger partial charge in [0.05, 0.1) is 12.5 Å². The summed E-state index contributed by atoms with van der Waals surface area (Å²) in [6, 6.07) is 4.42. The molecule has 0 radical (unpaired) electrons. The summed E-state index contributed by atoms with van der Waals surface area (Å²) in [6.45, 7) is 0. The number of aliphatic carboxylic acids is 1. The van der Waals surface area contributed by atoms with Gasteiger partial charge in [0.2, 0.25) is 6.41 Å². The van der Waals surface area contributed by atoms with Gasteiger partial charge in [-0.2, -0.15) is 13.2 Å². The van der Waals surface area contributed by atoms with Crippen LogP contribution in [0.2, 0.25) is 0 Å². The number of hydrogen-bond acceptors (Lipinski definition) is 3. The van der Waals surface area contributed by atoms with Crippen LogP contribution in [0.25, 0.3) is 0 Å². The molecule has 2 N–H and O–H groups in total. The third-order valence-corrected chi connectivity index (χ3v) is 2.90. The van der Waals surface area contributed by atoms with E-state index in [4.69, 9.17) is 5.11 Å². The highest BCUT2D eigenvalue weighted by Gasteiger charge is 2.29. The molecule has 0 fully saturated rings. The molecule has 8 heteroatoms. The second-order valence-electron chi connectivity index (χ2n) is 3.55. The fraction of sp³-hybridized carbons (Fsp3) is 0.273. The lowest BCUT2D eigenvalue weighted by atomic mass is 10.0. The van der Waals surface area contributed by atoms with Gasteiger partial charge in [-0.05, 0) is 29.5 Å². The molecule has 0 saturated carbocycles. The number of thioether (sulfide) groups is 1. The number of alkyl halides is 3. The molecular formula is C11H10F3NO3S. The zero-order valence-corrected chi connectivity index (χ0v) is 10.3. The van der Waals surface area contributed by atoms with E-state index in [-0.39, 0.29) is 23.1 Å². The van der Waals surface area contributed by atoms with Gasteiger partial charge in [-0.1, -0.05) is 12.1 Å². The quantitative estimate of drug-likeness (QED) is 0.625. The Balaban J connectivity index is 2.82. The number of rotatable bonds is 6. The number of benzene rings is 1. The second-order valence-corrected chi connectivity index (χ2v) is 4.69. The van der Waals surface area contributed by atoms with Gasteiger partial charge in [0, 0.05) is 4.90 Å². The molecule has 0 spiro atoms. The van der Waals surface area contributed by atoms with Crippen molar-refractivity contribution in [2.75, 3.05) is 0 Å². The number of hydrogen-bond donors (Lipinski definition) is 2. The summed E-state index contributed by atoms with van der Waals surface area (Å²) in [5, 5.41) is 11.0. The number of carbonyl (C=O) groups is 2. The van der Waals surface area contributed by atoms with Crippen molar-refractivity contribution in [1.82, 2.24) is 5.32 Å². The summed E-state index contributed by atoms with van der Waals surface area (Å²) in [4.78, 5) is 21.0. The first-order chi connectivity index (χ1) is 8.81. The van der Waals surface area contributed by atoms with E-state index < -0.39 is 17.5 Å².